The van der Waals surface area contributed by atoms with Gasteiger partial charge in [0.05, 0.1) is 0 Å². The summed E-state index contributed by atoms with van der Waals surface area (Å²) < 4.78 is 0. The van der Waals surface area contributed by atoms with E-state index in [0.29, 0.717) is 12.5 Å². The van der Waals surface area contributed by atoms with Crippen LogP contribution in [0.1, 0.15) is 34.8 Å². The minimum absolute atomic E-state index is 0.281. The predicted octanol–water partition coefficient (Wildman–Crippen LogP) is 3.31. The van der Waals surface area contributed by atoms with Crippen LogP contribution in [-0.4, -0.2) is 41.3 Å². The van der Waals surface area contributed by atoms with Gasteiger partial charge in [0.2, 0.25) is 0 Å². The molecule has 1 heterocycles. The molecule has 19 heavy (non-hydrogen) atoms. The van der Waals surface area contributed by atoms with Gasteiger partial charge in [0.1, 0.15) is 0 Å². The maximum absolute atomic E-state index is 12.4. The van der Waals surface area contributed by atoms with Crippen LogP contribution < -0.4 is 0 Å². The van der Waals surface area contributed by atoms with E-state index in [1.165, 1.54) is 17.1 Å². The van der Waals surface area contributed by atoms with Crippen molar-refractivity contribution in [2.24, 2.45) is 0 Å². The fourth-order valence-corrected chi connectivity index (χ4v) is 3.58. The Hall–Kier alpha value is -0.800. The molecule has 0 aromatic heterocycles. The zero-order valence-corrected chi connectivity index (χ0v) is 12.9. The maximum Gasteiger partial charge on any atom is 0.164 e. The molecule has 0 N–H and O–H groups in total. The Labute approximate surface area is 120 Å². The zero-order chi connectivity index (χ0) is 13.8. The van der Waals surface area contributed by atoms with Gasteiger partial charge in [0, 0.05) is 42.6 Å². The van der Waals surface area contributed by atoms with Crippen LogP contribution in [0.15, 0.2) is 18.2 Å². The number of carbonyl (C=O) groups excluding carboxylic acids is 1. The molecule has 2 nitrogen and oxygen atoms in total. The zero-order valence-electron chi connectivity index (χ0n) is 12.1. The molecule has 2 rings (SSSR count). The Kier molecular flexibility index (Phi) is 5.06. The van der Waals surface area contributed by atoms with E-state index in [4.69, 9.17) is 0 Å². The Balaban J connectivity index is 1.99. The van der Waals surface area contributed by atoms with Crippen molar-refractivity contribution in [1.82, 2.24) is 4.90 Å². The molecule has 0 saturated carbocycles. The molecule has 1 aliphatic rings. The molecular weight excluding hydrogens is 254 g/mol. The lowest BCUT2D eigenvalue weighted by atomic mass is 9.98. The smallest absolute Gasteiger partial charge is 0.164 e. The Morgan fingerprint density at radius 3 is 2.63 bits per heavy atom. The monoisotopic (exact) mass is 277 g/mol. The van der Waals surface area contributed by atoms with Crippen molar-refractivity contribution in [1.29, 1.82) is 0 Å². The van der Waals surface area contributed by atoms with Crippen LogP contribution in [-0.2, 0) is 0 Å². The SMILES string of the molecule is Cc1ccc(C(=O)CC(C)N2CCSCC2)c(C)c1. The number of carbonyl (C=O) groups is 1. The van der Waals surface area contributed by atoms with Gasteiger partial charge in [-0.25, -0.2) is 0 Å². The number of thioether (sulfide) groups is 1. The van der Waals surface area contributed by atoms with Crippen molar-refractivity contribution in [3.8, 4) is 0 Å². The minimum Gasteiger partial charge on any atom is -0.299 e. The van der Waals surface area contributed by atoms with Crippen molar-refractivity contribution >= 4 is 17.5 Å². The summed E-state index contributed by atoms with van der Waals surface area (Å²) in [6, 6.07) is 6.46. The van der Waals surface area contributed by atoms with Gasteiger partial charge in [-0.15, -0.1) is 0 Å². The first-order chi connectivity index (χ1) is 9.08. The van der Waals surface area contributed by atoms with Gasteiger partial charge in [-0.2, -0.15) is 11.8 Å². The van der Waals surface area contributed by atoms with Crippen LogP contribution in [0.2, 0.25) is 0 Å². The average Bonchev–Trinajstić information content (AvgIpc) is 2.39. The third kappa shape index (κ3) is 3.83. The highest BCUT2D eigenvalue weighted by atomic mass is 32.2. The molecule has 1 fully saturated rings. The van der Waals surface area contributed by atoms with E-state index in [0.717, 1.165) is 24.2 Å². The second-order valence-electron chi connectivity index (χ2n) is 5.44. The van der Waals surface area contributed by atoms with E-state index in [1.54, 1.807) is 0 Å². The fraction of sp³-hybridized carbons (Fsp3) is 0.562. The van der Waals surface area contributed by atoms with Crippen LogP contribution in [0, 0.1) is 13.8 Å². The molecule has 1 aromatic carbocycles. The van der Waals surface area contributed by atoms with E-state index in [2.05, 4.69) is 24.8 Å². The van der Waals surface area contributed by atoms with Crippen molar-refractivity contribution in [3.63, 3.8) is 0 Å². The van der Waals surface area contributed by atoms with E-state index in [1.807, 2.05) is 30.8 Å². The molecule has 3 heteroatoms. The summed E-state index contributed by atoms with van der Waals surface area (Å²) in [5, 5.41) is 0. The van der Waals surface area contributed by atoms with Crippen molar-refractivity contribution in [2.75, 3.05) is 24.6 Å². The molecule has 0 bridgehead atoms. The lowest BCUT2D eigenvalue weighted by Crippen LogP contribution is -2.40. The number of nitrogens with zero attached hydrogens (tertiary/aromatic N) is 1. The quantitative estimate of drug-likeness (QED) is 0.788. The van der Waals surface area contributed by atoms with Crippen LogP contribution in [0.4, 0.5) is 0 Å². The number of benzene rings is 1. The predicted molar refractivity (Wildman–Crippen MR) is 83.2 cm³/mol. The van der Waals surface area contributed by atoms with Crippen LogP contribution in [0.5, 0.6) is 0 Å². The molecule has 1 aromatic rings. The second-order valence-corrected chi connectivity index (χ2v) is 6.67. The normalized spacial score (nSPS) is 18.3. The number of rotatable bonds is 4. The highest BCUT2D eigenvalue weighted by Crippen LogP contribution is 2.18. The molecule has 0 spiro atoms. The van der Waals surface area contributed by atoms with Gasteiger partial charge in [-0.3, -0.25) is 9.69 Å². The number of Topliss-reactive ketones (excluding diaryl/α,β-unsaturated/α-hetero) is 1. The standard InChI is InChI=1S/C16H23NOS/c1-12-4-5-15(13(2)10-12)16(18)11-14(3)17-6-8-19-9-7-17/h4-5,10,14H,6-9,11H2,1-3H3. The van der Waals surface area contributed by atoms with Crippen LogP contribution in [0.3, 0.4) is 0 Å². The highest BCUT2D eigenvalue weighted by molar-refractivity contribution is 7.99. The third-order valence-electron chi connectivity index (χ3n) is 3.83. The van der Waals surface area contributed by atoms with Crippen molar-refractivity contribution < 1.29 is 4.79 Å². The van der Waals surface area contributed by atoms with Gasteiger partial charge in [0.15, 0.2) is 5.78 Å². The average molecular weight is 277 g/mol. The van der Waals surface area contributed by atoms with Gasteiger partial charge in [0.25, 0.3) is 0 Å². The van der Waals surface area contributed by atoms with Gasteiger partial charge >= 0.3 is 0 Å². The van der Waals surface area contributed by atoms with Crippen molar-refractivity contribution in [2.45, 2.75) is 33.2 Å². The molecule has 0 amide bonds. The first kappa shape index (κ1) is 14.6. The molecule has 1 aliphatic heterocycles. The molecule has 1 saturated heterocycles. The lowest BCUT2D eigenvalue weighted by molar-refractivity contribution is 0.0933. The topological polar surface area (TPSA) is 20.3 Å². The number of aryl methyl sites for hydroxylation is 2. The number of ketones is 1. The van der Waals surface area contributed by atoms with E-state index in [-0.39, 0.29) is 5.78 Å². The summed E-state index contributed by atoms with van der Waals surface area (Å²) in [5.74, 6) is 2.67. The molecule has 104 valence electrons. The van der Waals surface area contributed by atoms with Crippen LogP contribution in [0.25, 0.3) is 0 Å². The van der Waals surface area contributed by atoms with Crippen molar-refractivity contribution in [3.05, 3.63) is 34.9 Å². The van der Waals surface area contributed by atoms with Gasteiger partial charge < -0.3 is 0 Å². The highest BCUT2D eigenvalue weighted by Gasteiger charge is 2.20. The van der Waals surface area contributed by atoms with Crippen LogP contribution >= 0.6 is 11.8 Å². The Morgan fingerprint density at radius 1 is 1.32 bits per heavy atom. The van der Waals surface area contributed by atoms with E-state index in [9.17, 15) is 4.79 Å². The maximum atomic E-state index is 12.4. The minimum atomic E-state index is 0.281. The van der Waals surface area contributed by atoms with Gasteiger partial charge in [-0.05, 0) is 26.3 Å². The summed E-state index contributed by atoms with van der Waals surface area (Å²) in [5.41, 5.74) is 3.21. The molecule has 0 aliphatic carbocycles. The first-order valence-corrected chi connectivity index (χ1v) is 8.15. The number of hydrogen-bond donors (Lipinski definition) is 0. The molecule has 1 atom stereocenters. The van der Waals surface area contributed by atoms with E-state index >= 15 is 0 Å². The van der Waals surface area contributed by atoms with Gasteiger partial charge in [-0.1, -0.05) is 23.8 Å². The molecule has 1 unspecified atom stereocenters. The third-order valence-corrected chi connectivity index (χ3v) is 4.77. The number of hydrogen-bond acceptors (Lipinski definition) is 3. The summed E-state index contributed by atoms with van der Waals surface area (Å²) in [6.45, 7) is 8.51. The Bertz CT molecular complexity index is 452. The summed E-state index contributed by atoms with van der Waals surface area (Å²) >= 11 is 2.01. The molecular formula is C16H23NOS. The van der Waals surface area contributed by atoms with E-state index < -0.39 is 0 Å². The Morgan fingerprint density at radius 2 is 2.00 bits per heavy atom. The second kappa shape index (κ2) is 6.58. The molecule has 0 radical (unpaired) electrons. The fourth-order valence-electron chi connectivity index (χ4n) is 2.65. The largest absolute Gasteiger partial charge is 0.299 e. The summed E-state index contributed by atoms with van der Waals surface area (Å²) in [6.07, 6.45) is 0.633. The summed E-state index contributed by atoms with van der Waals surface area (Å²) in [4.78, 5) is 14.8. The summed E-state index contributed by atoms with van der Waals surface area (Å²) in [7, 11) is 0. The first-order valence-electron chi connectivity index (χ1n) is 7.00. The lowest BCUT2D eigenvalue weighted by Gasteiger charge is -2.31.